The van der Waals surface area contributed by atoms with Crippen LogP contribution < -0.4 is 5.43 Å². The Bertz CT molecular complexity index is 640. The lowest BCUT2D eigenvalue weighted by Gasteiger charge is -2.21. The second kappa shape index (κ2) is 7.35. The van der Waals surface area contributed by atoms with Gasteiger partial charge in [0, 0.05) is 38.3 Å². The molecule has 0 spiro atoms. The molecule has 0 unspecified atom stereocenters. The first kappa shape index (κ1) is 14.9. The largest absolute Gasteiger partial charge is 0.383 e. The zero-order chi connectivity index (χ0) is 15.1. The average Bonchev–Trinajstić information content (AvgIpc) is 2.52. The summed E-state index contributed by atoms with van der Waals surface area (Å²) in [7, 11) is 1.57. The molecule has 0 atom stereocenters. The monoisotopic (exact) mass is 287 g/mol. The van der Waals surface area contributed by atoms with Crippen molar-refractivity contribution in [2.45, 2.75) is 6.54 Å². The summed E-state index contributed by atoms with van der Waals surface area (Å²) in [4.78, 5) is 32.8. The highest BCUT2D eigenvalue weighted by molar-refractivity contribution is 5.93. The molecule has 21 heavy (non-hydrogen) atoms. The van der Waals surface area contributed by atoms with E-state index in [0.29, 0.717) is 19.7 Å². The maximum Gasteiger partial charge on any atom is 0.259 e. The van der Waals surface area contributed by atoms with E-state index in [1.54, 1.807) is 18.2 Å². The van der Waals surface area contributed by atoms with Crippen LogP contribution >= 0.6 is 0 Å². The van der Waals surface area contributed by atoms with Gasteiger partial charge in [0.1, 0.15) is 5.56 Å². The molecule has 0 radical (unpaired) electrons. The molecule has 0 fully saturated rings. The summed E-state index contributed by atoms with van der Waals surface area (Å²) in [6.45, 7) is 1.11. The van der Waals surface area contributed by atoms with Crippen LogP contribution in [0.2, 0.25) is 0 Å². The lowest BCUT2D eigenvalue weighted by atomic mass is 10.2. The van der Waals surface area contributed by atoms with Crippen molar-refractivity contribution >= 4 is 5.91 Å². The Kier molecular flexibility index (Phi) is 5.22. The second-order valence-electron chi connectivity index (χ2n) is 4.46. The van der Waals surface area contributed by atoms with Crippen molar-refractivity contribution in [3.8, 4) is 0 Å². The number of hydrogen-bond donors (Lipinski definition) is 1. The Hall–Kier alpha value is -2.47. The number of nitrogens with zero attached hydrogens (tertiary/aromatic N) is 2. The molecule has 0 saturated heterocycles. The molecule has 0 aromatic carbocycles. The molecule has 110 valence electrons. The van der Waals surface area contributed by atoms with Crippen molar-refractivity contribution in [3.05, 3.63) is 64.3 Å². The van der Waals surface area contributed by atoms with Gasteiger partial charge in [0.15, 0.2) is 5.43 Å². The Balaban J connectivity index is 2.21. The summed E-state index contributed by atoms with van der Waals surface area (Å²) in [5.41, 5.74) is 0.570. The predicted octanol–water partition coefficient (Wildman–Crippen LogP) is 1.06. The number of carbonyl (C=O) groups is 1. The van der Waals surface area contributed by atoms with Gasteiger partial charge >= 0.3 is 0 Å². The second-order valence-corrected chi connectivity index (χ2v) is 4.46. The topological polar surface area (TPSA) is 75.3 Å². The number of pyridine rings is 2. The van der Waals surface area contributed by atoms with Crippen LogP contribution in [0, 0.1) is 0 Å². The van der Waals surface area contributed by atoms with E-state index in [2.05, 4.69) is 9.97 Å². The van der Waals surface area contributed by atoms with Gasteiger partial charge in [-0.25, -0.2) is 0 Å². The predicted molar refractivity (Wildman–Crippen MR) is 77.9 cm³/mol. The van der Waals surface area contributed by atoms with Crippen molar-refractivity contribution in [1.29, 1.82) is 0 Å². The Morgan fingerprint density at radius 3 is 2.90 bits per heavy atom. The third-order valence-electron chi connectivity index (χ3n) is 2.99. The van der Waals surface area contributed by atoms with E-state index in [9.17, 15) is 9.59 Å². The van der Waals surface area contributed by atoms with Gasteiger partial charge in [-0.15, -0.1) is 0 Å². The molecular weight excluding hydrogens is 270 g/mol. The van der Waals surface area contributed by atoms with Crippen LogP contribution in [0.3, 0.4) is 0 Å². The number of nitrogens with one attached hydrogen (secondary N) is 1. The van der Waals surface area contributed by atoms with Crippen LogP contribution in [0.25, 0.3) is 0 Å². The van der Waals surface area contributed by atoms with Gasteiger partial charge in [-0.3, -0.25) is 14.6 Å². The molecule has 0 aliphatic heterocycles. The molecule has 2 aromatic heterocycles. The van der Waals surface area contributed by atoms with Crippen molar-refractivity contribution in [3.63, 3.8) is 0 Å². The van der Waals surface area contributed by atoms with Crippen molar-refractivity contribution in [2.24, 2.45) is 0 Å². The van der Waals surface area contributed by atoms with E-state index < -0.39 is 0 Å². The normalized spacial score (nSPS) is 10.3. The lowest BCUT2D eigenvalue weighted by Crippen LogP contribution is -2.36. The minimum absolute atomic E-state index is 0.115. The van der Waals surface area contributed by atoms with Crippen molar-refractivity contribution < 1.29 is 9.53 Å². The number of rotatable bonds is 6. The van der Waals surface area contributed by atoms with E-state index in [1.165, 1.54) is 18.5 Å². The number of aromatic amines is 1. The smallest absolute Gasteiger partial charge is 0.259 e. The molecule has 0 bridgehead atoms. The number of methoxy groups -OCH3 is 1. The SMILES string of the molecule is COCCN(Cc1ccccn1)C(=O)c1c[nH]ccc1=O. The van der Waals surface area contributed by atoms with Crippen LogP contribution in [-0.2, 0) is 11.3 Å². The molecule has 1 amide bonds. The molecule has 2 heterocycles. The number of ether oxygens (including phenoxy) is 1. The molecule has 2 aromatic rings. The van der Waals surface area contributed by atoms with Gasteiger partial charge in [0.05, 0.1) is 18.8 Å². The number of H-pyrrole nitrogens is 1. The Morgan fingerprint density at radius 1 is 1.38 bits per heavy atom. The number of carbonyl (C=O) groups excluding carboxylic acids is 1. The zero-order valence-electron chi connectivity index (χ0n) is 11.8. The summed E-state index contributed by atoms with van der Waals surface area (Å²) in [5.74, 6) is -0.334. The van der Waals surface area contributed by atoms with Crippen LogP contribution in [0.15, 0.2) is 47.7 Å². The lowest BCUT2D eigenvalue weighted by molar-refractivity contribution is 0.0676. The molecule has 1 N–H and O–H groups in total. The first-order valence-corrected chi connectivity index (χ1v) is 6.57. The molecule has 0 aliphatic rings. The van der Waals surface area contributed by atoms with E-state index in [0.717, 1.165) is 5.69 Å². The first-order valence-electron chi connectivity index (χ1n) is 6.57. The summed E-state index contributed by atoms with van der Waals surface area (Å²) in [5, 5.41) is 0. The first-order chi connectivity index (χ1) is 10.2. The quantitative estimate of drug-likeness (QED) is 0.862. The van der Waals surface area contributed by atoms with Gasteiger partial charge in [0.25, 0.3) is 5.91 Å². The molecule has 6 nitrogen and oxygen atoms in total. The minimum Gasteiger partial charge on any atom is -0.383 e. The highest BCUT2D eigenvalue weighted by Gasteiger charge is 2.18. The van der Waals surface area contributed by atoms with E-state index in [4.69, 9.17) is 4.74 Å². The van der Waals surface area contributed by atoms with Crippen molar-refractivity contribution in [1.82, 2.24) is 14.9 Å². The summed E-state index contributed by atoms with van der Waals surface area (Å²) >= 11 is 0. The van der Waals surface area contributed by atoms with Gasteiger partial charge < -0.3 is 14.6 Å². The fraction of sp³-hybridized carbons (Fsp3) is 0.267. The molecule has 2 rings (SSSR count). The van der Waals surface area contributed by atoms with E-state index in [1.807, 2.05) is 18.2 Å². The minimum atomic E-state index is -0.334. The molecular formula is C15H17N3O3. The molecule has 6 heteroatoms. The van der Waals surface area contributed by atoms with E-state index in [-0.39, 0.29) is 16.9 Å². The third kappa shape index (κ3) is 4.00. The summed E-state index contributed by atoms with van der Waals surface area (Å²) in [6, 6.07) is 6.84. The number of amides is 1. The fourth-order valence-electron chi connectivity index (χ4n) is 1.89. The zero-order valence-corrected chi connectivity index (χ0v) is 11.8. The maximum atomic E-state index is 12.5. The van der Waals surface area contributed by atoms with Crippen LogP contribution in [-0.4, -0.2) is 41.0 Å². The van der Waals surface area contributed by atoms with Gasteiger partial charge in [-0.2, -0.15) is 0 Å². The summed E-state index contributed by atoms with van der Waals surface area (Å²) in [6.07, 6.45) is 4.59. The Labute approximate surface area is 122 Å². The van der Waals surface area contributed by atoms with Crippen LogP contribution in [0.4, 0.5) is 0 Å². The third-order valence-corrected chi connectivity index (χ3v) is 2.99. The standard InChI is InChI=1S/C15H17N3O3/c1-21-9-8-18(11-12-4-2-3-6-17-12)15(20)13-10-16-7-5-14(13)19/h2-7,10H,8-9,11H2,1H3,(H,16,19). The van der Waals surface area contributed by atoms with Gasteiger partial charge in [0.2, 0.25) is 0 Å². The van der Waals surface area contributed by atoms with E-state index >= 15 is 0 Å². The highest BCUT2D eigenvalue weighted by atomic mass is 16.5. The van der Waals surface area contributed by atoms with Crippen LogP contribution in [0.1, 0.15) is 16.1 Å². The van der Waals surface area contributed by atoms with Crippen molar-refractivity contribution in [2.75, 3.05) is 20.3 Å². The number of aromatic nitrogens is 2. The molecule has 0 aliphatic carbocycles. The fourth-order valence-corrected chi connectivity index (χ4v) is 1.89. The van der Waals surface area contributed by atoms with Gasteiger partial charge in [-0.05, 0) is 12.1 Å². The summed E-state index contributed by atoms with van der Waals surface area (Å²) < 4.78 is 5.03. The maximum absolute atomic E-state index is 12.5. The highest BCUT2D eigenvalue weighted by Crippen LogP contribution is 2.05. The number of hydrogen-bond acceptors (Lipinski definition) is 4. The average molecular weight is 287 g/mol. The Morgan fingerprint density at radius 2 is 2.24 bits per heavy atom. The molecule has 0 saturated carbocycles. The van der Waals surface area contributed by atoms with Crippen LogP contribution in [0.5, 0.6) is 0 Å². The van der Waals surface area contributed by atoms with Gasteiger partial charge in [-0.1, -0.05) is 6.07 Å².